The zero-order valence-corrected chi connectivity index (χ0v) is 13.2. The molecule has 0 amide bonds. The van der Waals surface area contributed by atoms with Crippen LogP contribution in [0.2, 0.25) is 5.02 Å². The highest BCUT2D eigenvalue weighted by Crippen LogP contribution is 2.29. The van der Waals surface area contributed by atoms with E-state index in [1.54, 1.807) is 0 Å². The average Bonchev–Trinajstić information content (AvgIpc) is 2.82. The van der Waals surface area contributed by atoms with Crippen molar-refractivity contribution in [1.29, 1.82) is 0 Å². The van der Waals surface area contributed by atoms with Crippen LogP contribution < -0.4 is 10.2 Å². The van der Waals surface area contributed by atoms with E-state index < -0.39 is 0 Å². The van der Waals surface area contributed by atoms with Crippen LogP contribution >= 0.6 is 11.6 Å². The molecule has 1 N–H and O–H groups in total. The van der Waals surface area contributed by atoms with Gasteiger partial charge in [0.15, 0.2) is 0 Å². The number of nitrogens with one attached hydrogen (secondary N) is 1. The molecule has 20 heavy (non-hydrogen) atoms. The molecule has 0 bridgehead atoms. The fraction of sp³-hybridized carbons (Fsp3) is 0.375. The van der Waals surface area contributed by atoms with E-state index in [1.165, 1.54) is 5.56 Å². The number of hydrogen-bond acceptors (Lipinski definition) is 3. The molecule has 1 unspecified atom stereocenters. The molecule has 0 aliphatic heterocycles. The maximum absolute atomic E-state index is 6.40. The Morgan fingerprint density at radius 3 is 2.60 bits per heavy atom. The van der Waals surface area contributed by atoms with Gasteiger partial charge in [0, 0.05) is 13.1 Å². The van der Waals surface area contributed by atoms with Crippen LogP contribution in [0.15, 0.2) is 34.7 Å². The molecule has 0 spiro atoms. The van der Waals surface area contributed by atoms with E-state index in [0.29, 0.717) is 12.6 Å². The molecule has 0 aliphatic carbocycles. The summed E-state index contributed by atoms with van der Waals surface area (Å²) in [5.41, 5.74) is 2.19. The molecular weight excluding hydrogens is 272 g/mol. The second kappa shape index (κ2) is 6.33. The molecule has 2 aromatic rings. The van der Waals surface area contributed by atoms with Gasteiger partial charge in [0.25, 0.3) is 0 Å². The average molecular weight is 293 g/mol. The van der Waals surface area contributed by atoms with Crippen LogP contribution in [0.4, 0.5) is 5.69 Å². The molecule has 3 nitrogen and oxygen atoms in total. The Kier molecular flexibility index (Phi) is 4.73. The topological polar surface area (TPSA) is 28.4 Å². The fourth-order valence-corrected chi connectivity index (χ4v) is 2.49. The number of hydrogen-bond donors (Lipinski definition) is 1. The van der Waals surface area contributed by atoms with E-state index in [-0.39, 0.29) is 0 Å². The lowest BCUT2D eigenvalue weighted by atomic mass is 10.1. The van der Waals surface area contributed by atoms with E-state index >= 15 is 0 Å². The summed E-state index contributed by atoms with van der Waals surface area (Å²) >= 11 is 6.40. The lowest BCUT2D eigenvalue weighted by Gasteiger charge is -2.21. The van der Waals surface area contributed by atoms with Crippen molar-refractivity contribution in [2.24, 2.45) is 0 Å². The summed E-state index contributed by atoms with van der Waals surface area (Å²) in [4.78, 5) is 2.09. The van der Waals surface area contributed by atoms with Crippen molar-refractivity contribution in [2.45, 2.75) is 26.4 Å². The Labute approximate surface area is 125 Å². The molecule has 2 rings (SSSR count). The van der Waals surface area contributed by atoms with Gasteiger partial charge in [-0.15, -0.1) is 0 Å². The number of halogens is 1. The summed E-state index contributed by atoms with van der Waals surface area (Å²) < 4.78 is 5.60. The van der Waals surface area contributed by atoms with E-state index in [4.69, 9.17) is 16.0 Å². The van der Waals surface area contributed by atoms with Crippen molar-refractivity contribution in [2.75, 3.05) is 19.0 Å². The van der Waals surface area contributed by atoms with Crippen LogP contribution in [-0.4, -0.2) is 14.1 Å². The quantitative estimate of drug-likeness (QED) is 0.897. The van der Waals surface area contributed by atoms with Gasteiger partial charge in [-0.25, -0.2) is 0 Å². The minimum atomic E-state index is 0.291. The van der Waals surface area contributed by atoms with Gasteiger partial charge in [-0.1, -0.05) is 17.7 Å². The maximum atomic E-state index is 6.40. The Balaban J connectivity index is 2.15. The van der Waals surface area contributed by atoms with Crippen LogP contribution in [0.1, 0.15) is 30.0 Å². The number of nitrogens with zero attached hydrogens (tertiary/aromatic N) is 1. The number of aryl methyl sites for hydroxylation is 1. The molecule has 0 fully saturated rings. The van der Waals surface area contributed by atoms with E-state index in [0.717, 1.165) is 22.2 Å². The number of benzene rings is 1. The Morgan fingerprint density at radius 2 is 2.05 bits per heavy atom. The largest absolute Gasteiger partial charge is 0.464 e. The fourth-order valence-electron chi connectivity index (χ4n) is 2.16. The van der Waals surface area contributed by atoms with Crippen molar-refractivity contribution in [3.8, 4) is 0 Å². The van der Waals surface area contributed by atoms with Crippen molar-refractivity contribution < 1.29 is 4.42 Å². The Bertz CT molecular complexity index is 580. The second-order valence-electron chi connectivity index (χ2n) is 5.09. The van der Waals surface area contributed by atoms with Gasteiger partial charge in [0.1, 0.15) is 11.5 Å². The first-order valence-electron chi connectivity index (χ1n) is 6.74. The predicted molar refractivity (Wildman–Crippen MR) is 84.5 cm³/mol. The van der Waals surface area contributed by atoms with Gasteiger partial charge >= 0.3 is 0 Å². The smallest absolute Gasteiger partial charge is 0.123 e. The summed E-state index contributed by atoms with van der Waals surface area (Å²) in [6, 6.07) is 10.4. The third-order valence-corrected chi connectivity index (χ3v) is 3.81. The molecular formula is C16H21ClN2O. The Hall–Kier alpha value is -1.45. The van der Waals surface area contributed by atoms with Crippen LogP contribution in [0.25, 0.3) is 0 Å². The van der Waals surface area contributed by atoms with Crippen molar-refractivity contribution in [3.05, 3.63) is 52.4 Å². The van der Waals surface area contributed by atoms with E-state index in [9.17, 15) is 0 Å². The molecule has 108 valence electrons. The van der Waals surface area contributed by atoms with Crippen LogP contribution in [0.3, 0.4) is 0 Å². The minimum Gasteiger partial charge on any atom is -0.464 e. The number of anilines is 1. The molecule has 0 saturated carbocycles. The third kappa shape index (κ3) is 3.35. The molecule has 1 aromatic carbocycles. The first-order chi connectivity index (χ1) is 9.51. The van der Waals surface area contributed by atoms with Crippen molar-refractivity contribution in [1.82, 2.24) is 5.32 Å². The van der Waals surface area contributed by atoms with Gasteiger partial charge in [0.05, 0.1) is 17.3 Å². The minimum absolute atomic E-state index is 0.291. The molecule has 1 aromatic heterocycles. The summed E-state index contributed by atoms with van der Waals surface area (Å²) in [5, 5.41) is 3.97. The van der Waals surface area contributed by atoms with Gasteiger partial charge < -0.3 is 14.6 Å². The zero-order chi connectivity index (χ0) is 14.7. The summed E-state index contributed by atoms with van der Waals surface area (Å²) in [6.07, 6.45) is 0. The second-order valence-corrected chi connectivity index (χ2v) is 5.50. The summed E-state index contributed by atoms with van der Waals surface area (Å²) in [5.74, 6) is 1.87. The van der Waals surface area contributed by atoms with Crippen LogP contribution in [-0.2, 0) is 6.54 Å². The van der Waals surface area contributed by atoms with Gasteiger partial charge in [0.2, 0.25) is 0 Å². The molecule has 0 radical (unpaired) electrons. The lowest BCUT2D eigenvalue weighted by Crippen LogP contribution is -2.17. The molecule has 4 heteroatoms. The first kappa shape index (κ1) is 14.9. The standard InChI is InChI=1S/C16H21ClN2O/c1-11-5-7-14(20-11)10-19(4)16-8-6-13(9-15(16)17)12(2)18-3/h5-9,12,18H,10H2,1-4H3. The maximum Gasteiger partial charge on any atom is 0.123 e. The van der Waals surface area contributed by atoms with E-state index in [2.05, 4.69) is 29.3 Å². The molecule has 0 aliphatic rings. The summed E-state index contributed by atoms with van der Waals surface area (Å²) in [6.45, 7) is 4.76. The SMILES string of the molecule is CNC(C)c1ccc(N(C)Cc2ccc(C)o2)c(Cl)c1. The van der Waals surface area contributed by atoms with Crippen LogP contribution in [0.5, 0.6) is 0 Å². The number of furan rings is 1. The Morgan fingerprint density at radius 1 is 1.30 bits per heavy atom. The molecule has 1 atom stereocenters. The lowest BCUT2D eigenvalue weighted by molar-refractivity contribution is 0.482. The summed E-state index contributed by atoms with van der Waals surface area (Å²) in [7, 11) is 3.96. The normalized spacial score (nSPS) is 12.4. The van der Waals surface area contributed by atoms with Crippen LogP contribution in [0, 0.1) is 6.92 Å². The van der Waals surface area contributed by atoms with Gasteiger partial charge in [-0.05, 0) is 50.7 Å². The van der Waals surface area contributed by atoms with Crippen molar-refractivity contribution >= 4 is 17.3 Å². The highest BCUT2D eigenvalue weighted by atomic mass is 35.5. The third-order valence-electron chi connectivity index (χ3n) is 3.51. The molecule has 1 heterocycles. The first-order valence-corrected chi connectivity index (χ1v) is 7.12. The highest BCUT2D eigenvalue weighted by molar-refractivity contribution is 6.33. The van der Waals surface area contributed by atoms with E-state index in [1.807, 2.05) is 39.2 Å². The predicted octanol–water partition coefficient (Wildman–Crippen LogP) is 4.16. The monoisotopic (exact) mass is 292 g/mol. The molecule has 0 saturated heterocycles. The highest BCUT2D eigenvalue weighted by Gasteiger charge is 2.11. The van der Waals surface area contributed by atoms with Crippen molar-refractivity contribution in [3.63, 3.8) is 0 Å². The zero-order valence-electron chi connectivity index (χ0n) is 12.4. The number of rotatable bonds is 5. The van der Waals surface area contributed by atoms with Gasteiger partial charge in [-0.3, -0.25) is 0 Å². The van der Waals surface area contributed by atoms with Gasteiger partial charge in [-0.2, -0.15) is 0 Å².